The first-order chi connectivity index (χ1) is 25.9. The number of ether oxygens (including phenoxy) is 5. The predicted octanol–water partition coefficient (Wildman–Crippen LogP) is 3.57. The highest BCUT2D eigenvalue weighted by Crippen LogP contribution is 2.39. The molecule has 0 saturated carbocycles. The zero-order valence-electron chi connectivity index (χ0n) is 33.4. The molecule has 0 radical (unpaired) electrons. The van der Waals surface area contributed by atoms with Crippen LogP contribution in [0.25, 0.3) is 16.8 Å². The molecule has 0 bridgehead atoms. The van der Waals surface area contributed by atoms with Crippen molar-refractivity contribution < 1.29 is 48.0 Å². The molecule has 17 heteroatoms. The number of carbonyl (C=O) groups excluding carboxylic acids is 4. The Bertz CT molecular complexity index is 1730. The molecule has 2 unspecified atom stereocenters. The Balaban J connectivity index is 1.50. The smallest absolute Gasteiger partial charge is 0.408 e. The average molecular weight is 789 g/mol. The van der Waals surface area contributed by atoms with Crippen LogP contribution in [-0.2, 0) is 45.1 Å². The fourth-order valence-corrected chi connectivity index (χ4v) is 8.98. The Labute approximate surface area is 326 Å². The van der Waals surface area contributed by atoms with Crippen molar-refractivity contribution in [2.75, 3.05) is 20.7 Å². The predicted molar refractivity (Wildman–Crippen MR) is 202 cm³/mol. The van der Waals surface area contributed by atoms with Gasteiger partial charge < -0.3 is 39.0 Å². The topological polar surface area (TPSA) is 194 Å². The van der Waals surface area contributed by atoms with Gasteiger partial charge in [0.15, 0.2) is 17.7 Å². The maximum absolute atomic E-state index is 14.3. The molecule has 3 saturated heterocycles. The van der Waals surface area contributed by atoms with Crippen LogP contribution in [0.5, 0.6) is 0 Å². The number of hydrogen-bond acceptors (Lipinski definition) is 15. The SMILES string of the molecule is CC[C@H]1OC(=O)[C@H](C)C(=O)C[C@@H](O[C@@H]2O[C@H](C)C[C@H](N(C)C)[C@H]2O)[C@@](C)(OC/C=C/c2ccc(-c3nnnn3C)s2)C[C@@H](C)C(=O)[C@H](C)C2NC(=O)OC21C. The van der Waals surface area contributed by atoms with Crippen LogP contribution in [0, 0.1) is 17.8 Å². The van der Waals surface area contributed by atoms with Crippen LogP contribution in [-0.4, -0.2) is 129 Å². The number of tetrazole rings is 1. The average Bonchev–Trinajstić information content (AvgIpc) is 3.86. The van der Waals surface area contributed by atoms with Crippen LogP contribution in [0.4, 0.5) is 4.79 Å². The fourth-order valence-electron chi connectivity index (χ4n) is 8.02. The number of likely N-dealkylation sites (N-methyl/N-ethyl adjacent to an activating group) is 1. The number of hydrogen-bond donors (Lipinski definition) is 2. The molecule has 5 heterocycles. The highest BCUT2D eigenvalue weighted by atomic mass is 32.1. The minimum Gasteiger partial charge on any atom is -0.458 e. The van der Waals surface area contributed by atoms with Crippen molar-refractivity contribution in [3.8, 4) is 10.7 Å². The van der Waals surface area contributed by atoms with Gasteiger partial charge in [0.25, 0.3) is 0 Å². The summed E-state index contributed by atoms with van der Waals surface area (Å²) in [6, 6.07) is 2.74. The molecule has 2 N–H and O–H groups in total. The van der Waals surface area contributed by atoms with Crippen LogP contribution >= 0.6 is 11.3 Å². The van der Waals surface area contributed by atoms with E-state index < -0.39 is 77.4 Å². The van der Waals surface area contributed by atoms with Crippen molar-refractivity contribution in [3.05, 3.63) is 23.1 Å². The third-order valence-electron chi connectivity index (χ3n) is 11.4. The van der Waals surface area contributed by atoms with Crippen molar-refractivity contribution >= 4 is 41.0 Å². The van der Waals surface area contributed by atoms with E-state index in [4.69, 9.17) is 23.7 Å². The van der Waals surface area contributed by atoms with E-state index in [1.165, 1.54) is 18.3 Å². The van der Waals surface area contributed by atoms with Crippen molar-refractivity contribution in [2.45, 2.75) is 128 Å². The van der Waals surface area contributed by atoms with E-state index in [1.807, 2.05) is 50.2 Å². The molecule has 3 fully saturated rings. The highest BCUT2D eigenvalue weighted by Gasteiger charge is 2.56. The molecule has 1 amide bonds. The number of Topliss-reactive ketones (excluding diaryl/α,β-unsaturated/α-hetero) is 2. The number of aliphatic hydroxyl groups is 1. The van der Waals surface area contributed by atoms with Crippen LogP contribution in [0.1, 0.15) is 79.0 Å². The number of fused-ring (bicyclic) bond motifs is 1. The molecule has 0 spiro atoms. The first-order valence-corrected chi connectivity index (χ1v) is 19.7. The van der Waals surface area contributed by atoms with Gasteiger partial charge in [0.05, 0.1) is 35.3 Å². The summed E-state index contributed by atoms with van der Waals surface area (Å²) in [5.41, 5.74) is -2.71. The summed E-state index contributed by atoms with van der Waals surface area (Å²) in [5, 5.41) is 26.0. The summed E-state index contributed by atoms with van der Waals surface area (Å²) < 4.78 is 32.7. The van der Waals surface area contributed by atoms with Crippen molar-refractivity contribution in [1.29, 1.82) is 0 Å². The molecular formula is C38H56N6O10S. The van der Waals surface area contributed by atoms with Gasteiger partial charge in [-0.05, 0) is 89.7 Å². The van der Waals surface area contributed by atoms with Crippen LogP contribution in [0.3, 0.4) is 0 Å². The van der Waals surface area contributed by atoms with E-state index >= 15 is 0 Å². The number of alkyl carbamates (subject to hydrolysis) is 1. The fraction of sp³-hybridized carbons (Fsp3) is 0.711. The molecule has 16 nitrogen and oxygen atoms in total. The standard InChI is InChI=1S/C38H56N6O10S/c1-11-28-38(7)32(39-36(49)54-38)23(5)30(46)20(2)19-37(6,50-16-12-13-24-14-15-27(55-24)33-40-41-42-44(33)10)29(18-26(45)22(4)34(48)52-28)53-35-31(47)25(43(8)9)17-21(3)51-35/h12-15,20-23,25,28-29,31-32,35,47H,11,16-19H2,1-10H3,(H,39,49)/b13-12+/t20-,21-,22-,23+,25+,28-,29-,31-,32?,35+,37+,38?/m1/s1. The maximum atomic E-state index is 14.3. The first-order valence-electron chi connectivity index (χ1n) is 18.9. The molecule has 12 atom stereocenters. The second kappa shape index (κ2) is 17.3. The van der Waals surface area contributed by atoms with Gasteiger partial charge in [-0.1, -0.05) is 26.8 Å². The molecule has 0 aliphatic carbocycles. The molecular weight excluding hydrogens is 733 g/mol. The summed E-state index contributed by atoms with van der Waals surface area (Å²) in [4.78, 5) is 58.5. The molecule has 2 aromatic heterocycles. The van der Waals surface area contributed by atoms with Gasteiger partial charge in [0, 0.05) is 36.2 Å². The van der Waals surface area contributed by atoms with Crippen LogP contribution in [0.15, 0.2) is 18.2 Å². The quantitative estimate of drug-likeness (QED) is 0.277. The van der Waals surface area contributed by atoms with E-state index in [2.05, 4.69) is 20.8 Å². The molecule has 304 valence electrons. The summed E-state index contributed by atoms with van der Waals surface area (Å²) >= 11 is 1.49. The Morgan fingerprint density at radius 2 is 1.87 bits per heavy atom. The zero-order valence-corrected chi connectivity index (χ0v) is 34.2. The van der Waals surface area contributed by atoms with E-state index in [9.17, 15) is 24.3 Å². The van der Waals surface area contributed by atoms with E-state index in [0.29, 0.717) is 12.2 Å². The number of rotatable bonds is 9. The molecule has 55 heavy (non-hydrogen) atoms. The molecule has 3 aliphatic heterocycles. The third-order valence-corrected chi connectivity index (χ3v) is 12.4. The second-order valence-corrected chi connectivity index (χ2v) is 16.9. The van der Waals surface area contributed by atoms with E-state index in [-0.39, 0.29) is 43.8 Å². The Morgan fingerprint density at radius 1 is 1.15 bits per heavy atom. The van der Waals surface area contributed by atoms with Crippen molar-refractivity contribution in [2.24, 2.45) is 24.8 Å². The number of carbonyl (C=O) groups is 4. The number of aryl methyl sites for hydroxylation is 1. The lowest BCUT2D eigenvalue weighted by atomic mass is 9.75. The van der Waals surface area contributed by atoms with Gasteiger partial charge in [0.2, 0.25) is 0 Å². The number of esters is 1. The van der Waals surface area contributed by atoms with Crippen LogP contribution in [0.2, 0.25) is 0 Å². The van der Waals surface area contributed by atoms with Gasteiger partial charge >= 0.3 is 12.1 Å². The third kappa shape index (κ3) is 9.18. The summed E-state index contributed by atoms with van der Waals surface area (Å²) in [7, 11) is 5.49. The largest absolute Gasteiger partial charge is 0.458 e. The van der Waals surface area contributed by atoms with Gasteiger partial charge in [-0.15, -0.1) is 16.4 Å². The normalized spacial score (nSPS) is 36.7. The summed E-state index contributed by atoms with van der Waals surface area (Å²) in [6.07, 6.45) is -0.923. The van der Waals surface area contributed by atoms with Gasteiger partial charge in [-0.3, -0.25) is 14.4 Å². The van der Waals surface area contributed by atoms with Crippen LogP contribution < -0.4 is 5.32 Å². The molecule has 3 aliphatic rings. The Hall–Kier alpha value is -3.61. The highest BCUT2D eigenvalue weighted by molar-refractivity contribution is 7.16. The zero-order chi connectivity index (χ0) is 40.4. The number of aliphatic hydroxyl groups excluding tert-OH is 1. The molecule has 0 aromatic carbocycles. The first kappa shape index (κ1) is 42.5. The van der Waals surface area contributed by atoms with E-state index in [0.717, 1.165) is 9.75 Å². The van der Waals surface area contributed by atoms with E-state index in [1.54, 1.807) is 46.3 Å². The summed E-state index contributed by atoms with van der Waals surface area (Å²) in [6.45, 7) is 12.1. The number of nitrogens with zero attached hydrogens (tertiary/aromatic N) is 5. The Morgan fingerprint density at radius 3 is 2.53 bits per heavy atom. The number of cyclic esters (lactones) is 1. The monoisotopic (exact) mass is 788 g/mol. The van der Waals surface area contributed by atoms with Crippen molar-refractivity contribution in [1.82, 2.24) is 30.4 Å². The van der Waals surface area contributed by atoms with Gasteiger partial charge in [-0.25, -0.2) is 9.48 Å². The maximum Gasteiger partial charge on any atom is 0.408 e. The van der Waals surface area contributed by atoms with Crippen molar-refractivity contribution in [3.63, 3.8) is 0 Å². The lowest BCUT2D eigenvalue weighted by molar-refractivity contribution is -0.290. The number of aromatic nitrogens is 4. The number of thiophene rings is 1. The number of amides is 1. The minimum atomic E-state index is -1.38. The van der Waals surface area contributed by atoms with Gasteiger partial charge in [-0.2, -0.15) is 0 Å². The Kier molecular flexibility index (Phi) is 13.3. The number of nitrogens with one attached hydrogen (secondary N) is 1. The minimum absolute atomic E-state index is 0.0605. The lowest BCUT2D eigenvalue weighted by Crippen LogP contribution is -2.58. The second-order valence-electron chi connectivity index (χ2n) is 15.8. The molecule has 2 aromatic rings. The molecule has 5 rings (SSSR count). The number of ketones is 2. The lowest BCUT2D eigenvalue weighted by Gasteiger charge is -2.45. The van der Waals surface area contributed by atoms with Gasteiger partial charge in [0.1, 0.15) is 29.7 Å². The summed E-state index contributed by atoms with van der Waals surface area (Å²) in [5.74, 6) is -3.49.